The van der Waals surface area contributed by atoms with E-state index in [0.717, 1.165) is 10.0 Å². The highest BCUT2D eigenvalue weighted by Gasteiger charge is 2.14. The largest absolute Gasteiger partial charge is 0.452 e. The summed E-state index contributed by atoms with van der Waals surface area (Å²) in [5.41, 5.74) is 1.76. The number of carbonyl (C=O) groups excluding carboxylic acids is 2. The summed E-state index contributed by atoms with van der Waals surface area (Å²) >= 11 is 12.6. The average molecular weight is 462 g/mol. The van der Waals surface area contributed by atoms with Crippen molar-refractivity contribution in [1.82, 2.24) is 0 Å². The van der Waals surface area contributed by atoms with Gasteiger partial charge in [-0.15, -0.1) is 0 Å². The molecule has 120 valence electrons. The van der Waals surface area contributed by atoms with Gasteiger partial charge in [0.05, 0.1) is 10.6 Å². The molecule has 0 radical (unpaired) electrons. The van der Waals surface area contributed by atoms with Crippen molar-refractivity contribution in [3.63, 3.8) is 0 Å². The van der Waals surface area contributed by atoms with Crippen molar-refractivity contribution in [2.24, 2.45) is 0 Å². The van der Waals surface area contributed by atoms with Crippen LogP contribution in [0.1, 0.15) is 15.9 Å². The van der Waals surface area contributed by atoms with Gasteiger partial charge in [-0.3, -0.25) is 4.79 Å². The van der Waals surface area contributed by atoms with Crippen LogP contribution in [0.4, 0.5) is 5.69 Å². The number of anilines is 1. The van der Waals surface area contributed by atoms with Crippen molar-refractivity contribution in [1.29, 1.82) is 0 Å². The highest BCUT2D eigenvalue weighted by atomic mass is 79.9. The van der Waals surface area contributed by atoms with Crippen LogP contribution in [-0.2, 0) is 9.53 Å². The van der Waals surface area contributed by atoms with Crippen molar-refractivity contribution in [2.75, 3.05) is 11.9 Å². The zero-order valence-electron chi connectivity index (χ0n) is 12.0. The Morgan fingerprint density at radius 2 is 1.78 bits per heavy atom. The number of hydrogen-bond donors (Lipinski definition) is 1. The molecule has 0 aliphatic rings. The first-order valence-corrected chi connectivity index (χ1v) is 8.51. The minimum absolute atomic E-state index is 0.202. The van der Waals surface area contributed by atoms with Gasteiger partial charge in [0.15, 0.2) is 6.61 Å². The molecule has 1 amide bonds. The fourth-order valence-electron chi connectivity index (χ4n) is 1.82. The van der Waals surface area contributed by atoms with Crippen LogP contribution in [0.25, 0.3) is 0 Å². The van der Waals surface area contributed by atoms with Crippen LogP contribution < -0.4 is 5.32 Å². The molecule has 0 heterocycles. The second-order valence-corrected chi connectivity index (χ2v) is 6.95. The van der Waals surface area contributed by atoms with Crippen LogP contribution in [0.15, 0.2) is 45.3 Å². The first-order chi connectivity index (χ1) is 10.9. The smallest absolute Gasteiger partial charge is 0.340 e. The second-order valence-electron chi connectivity index (χ2n) is 4.71. The van der Waals surface area contributed by atoms with Crippen molar-refractivity contribution in [3.05, 3.63) is 61.5 Å². The topological polar surface area (TPSA) is 55.4 Å². The molecule has 0 saturated carbocycles. The number of ether oxygens (including phenoxy) is 1. The number of aryl methyl sites for hydroxylation is 1. The molecule has 0 atom stereocenters. The van der Waals surface area contributed by atoms with E-state index in [2.05, 4.69) is 37.2 Å². The van der Waals surface area contributed by atoms with E-state index < -0.39 is 18.5 Å². The zero-order chi connectivity index (χ0) is 17.0. The van der Waals surface area contributed by atoms with Gasteiger partial charge in [0.1, 0.15) is 0 Å². The molecule has 7 heteroatoms. The molecule has 0 fully saturated rings. The molecule has 2 aromatic carbocycles. The molecule has 1 N–H and O–H groups in total. The maximum absolute atomic E-state index is 12.0. The SMILES string of the molecule is Cc1cc(Br)ccc1NC(=O)COC(=O)c1cc(Br)ccc1Cl. The van der Waals surface area contributed by atoms with E-state index in [0.29, 0.717) is 10.2 Å². The number of carbonyl (C=O) groups is 2. The van der Waals surface area contributed by atoms with E-state index in [1.807, 2.05) is 19.1 Å². The van der Waals surface area contributed by atoms with Crippen molar-refractivity contribution in [2.45, 2.75) is 6.92 Å². The summed E-state index contributed by atoms with van der Waals surface area (Å²) in [4.78, 5) is 23.9. The Labute approximate surface area is 155 Å². The molecule has 2 aromatic rings. The van der Waals surface area contributed by atoms with E-state index in [-0.39, 0.29) is 10.6 Å². The lowest BCUT2D eigenvalue weighted by molar-refractivity contribution is -0.119. The number of nitrogens with one attached hydrogen (secondary N) is 1. The normalized spacial score (nSPS) is 10.3. The standard InChI is InChI=1S/C16H12Br2ClNO3/c1-9-6-10(17)3-5-14(9)20-15(21)8-23-16(22)12-7-11(18)2-4-13(12)19/h2-7H,8H2,1H3,(H,20,21). The first-order valence-electron chi connectivity index (χ1n) is 6.55. The van der Waals surface area contributed by atoms with Crippen molar-refractivity contribution >= 4 is 61.0 Å². The number of amides is 1. The monoisotopic (exact) mass is 459 g/mol. The van der Waals surface area contributed by atoms with Crippen LogP contribution in [0, 0.1) is 6.92 Å². The van der Waals surface area contributed by atoms with Gasteiger partial charge in [-0.1, -0.05) is 43.5 Å². The van der Waals surface area contributed by atoms with Crippen LogP contribution in [0.5, 0.6) is 0 Å². The number of halogens is 3. The molecule has 0 bridgehead atoms. The van der Waals surface area contributed by atoms with Gasteiger partial charge in [0, 0.05) is 14.6 Å². The molecule has 0 saturated heterocycles. The number of benzene rings is 2. The Balaban J connectivity index is 1.96. The van der Waals surface area contributed by atoms with Gasteiger partial charge in [-0.25, -0.2) is 4.79 Å². The van der Waals surface area contributed by atoms with Crippen LogP contribution >= 0.6 is 43.5 Å². The molecule has 0 aliphatic heterocycles. The Kier molecular flexibility index (Phi) is 6.21. The lowest BCUT2D eigenvalue weighted by atomic mass is 10.2. The van der Waals surface area contributed by atoms with Gasteiger partial charge in [0.25, 0.3) is 5.91 Å². The lowest BCUT2D eigenvalue weighted by Crippen LogP contribution is -2.21. The third kappa shape index (κ3) is 5.06. The predicted octanol–water partition coefficient (Wildman–Crippen LogP) is 4.97. The average Bonchev–Trinajstić information content (AvgIpc) is 2.50. The van der Waals surface area contributed by atoms with Crippen molar-refractivity contribution < 1.29 is 14.3 Å². The van der Waals surface area contributed by atoms with E-state index in [4.69, 9.17) is 16.3 Å². The molecule has 4 nitrogen and oxygen atoms in total. The summed E-state index contributed by atoms with van der Waals surface area (Å²) in [6.45, 7) is 1.48. The molecule has 23 heavy (non-hydrogen) atoms. The summed E-state index contributed by atoms with van der Waals surface area (Å²) in [6.07, 6.45) is 0. The maximum Gasteiger partial charge on any atom is 0.340 e. The van der Waals surface area contributed by atoms with E-state index in [1.165, 1.54) is 0 Å². The highest BCUT2D eigenvalue weighted by molar-refractivity contribution is 9.10. The van der Waals surface area contributed by atoms with Gasteiger partial charge in [-0.05, 0) is 48.9 Å². The van der Waals surface area contributed by atoms with E-state index >= 15 is 0 Å². The summed E-state index contributed by atoms with van der Waals surface area (Å²) in [6, 6.07) is 10.3. The number of esters is 1. The molecule has 0 spiro atoms. The van der Waals surface area contributed by atoms with Gasteiger partial charge in [0.2, 0.25) is 0 Å². The van der Waals surface area contributed by atoms with Crippen molar-refractivity contribution in [3.8, 4) is 0 Å². The summed E-state index contributed by atoms with van der Waals surface area (Å²) in [7, 11) is 0. The highest BCUT2D eigenvalue weighted by Crippen LogP contribution is 2.22. The Hall–Kier alpha value is -1.37. The second kappa shape index (κ2) is 7.95. The van der Waals surface area contributed by atoms with Gasteiger partial charge < -0.3 is 10.1 Å². The molecular weight excluding hydrogens is 449 g/mol. The molecule has 0 aromatic heterocycles. The summed E-state index contributed by atoms with van der Waals surface area (Å²) in [5, 5.41) is 2.96. The fraction of sp³-hybridized carbons (Fsp3) is 0.125. The summed E-state index contributed by atoms with van der Waals surface area (Å²) < 4.78 is 6.61. The first kappa shape index (κ1) is 18.0. The van der Waals surface area contributed by atoms with Crippen LogP contribution in [0.3, 0.4) is 0 Å². The maximum atomic E-state index is 12.0. The minimum atomic E-state index is -0.654. The Bertz CT molecular complexity index is 765. The molecule has 0 aliphatic carbocycles. The van der Waals surface area contributed by atoms with Gasteiger partial charge in [-0.2, -0.15) is 0 Å². The minimum Gasteiger partial charge on any atom is -0.452 e. The van der Waals surface area contributed by atoms with E-state index in [9.17, 15) is 9.59 Å². The van der Waals surface area contributed by atoms with E-state index in [1.54, 1.807) is 24.3 Å². The fourth-order valence-corrected chi connectivity index (χ4v) is 2.85. The quantitative estimate of drug-likeness (QED) is 0.655. The number of rotatable bonds is 4. The predicted molar refractivity (Wildman–Crippen MR) is 96.9 cm³/mol. The zero-order valence-corrected chi connectivity index (χ0v) is 16.0. The number of hydrogen-bond acceptors (Lipinski definition) is 3. The van der Waals surface area contributed by atoms with Gasteiger partial charge >= 0.3 is 5.97 Å². The van der Waals surface area contributed by atoms with Crippen LogP contribution in [-0.4, -0.2) is 18.5 Å². The molecular formula is C16H12Br2ClNO3. The Morgan fingerprint density at radius 1 is 1.13 bits per heavy atom. The lowest BCUT2D eigenvalue weighted by Gasteiger charge is -2.10. The third-order valence-electron chi connectivity index (χ3n) is 2.95. The summed E-state index contributed by atoms with van der Waals surface area (Å²) in [5.74, 6) is -1.08. The third-order valence-corrected chi connectivity index (χ3v) is 4.26. The molecule has 2 rings (SSSR count). The Morgan fingerprint density at radius 3 is 2.48 bits per heavy atom. The molecule has 0 unspecified atom stereocenters. The van der Waals surface area contributed by atoms with Crippen LogP contribution in [0.2, 0.25) is 5.02 Å².